The van der Waals surface area contributed by atoms with Gasteiger partial charge in [-0.15, -0.1) is 11.3 Å². The van der Waals surface area contributed by atoms with E-state index in [-0.39, 0.29) is 16.5 Å². The third-order valence-electron chi connectivity index (χ3n) is 5.62. The maximum absolute atomic E-state index is 14.9. The molecule has 31 heavy (non-hydrogen) atoms. The molecular formula is C23H26FN3O2S2. The first-order valence-corrected chi connectivity index (χ1v) is 12.9. The molecule has 0 spiro atoms. The normalized spacial score (nSPS) is 15.4. The number of rotatable bonds is 6. The Morgan fingerprint density at radius 1 is 1.06 bits per heavy atom. The van der Waals surface area contributed by atoms with Gasteiger partial charge in [0.25, 0.3) is 0 Å². The van der Waals surface area contributed by atoms with Gasteiger partial charge in [0.05, 0.1) is 22.0 Å². The first-order valence-electron chi connectivity index (χ1n) is 10.4. The van der Waals surface area contributed by atoms with Crippen molar-refractivity contribution in [3.05, 3.63) is 64.9 Å². The third kappa shape index (κ3) is 4.97. The molecule has 8 heteroatoms. The number of hydrogen-bond donors (Lipinski definition) is 0. The van der Waals surface area contributed by atoms with Gasteiger partial charge in [0, 0.05) is 37.1 Å². The number of benzene rings is 2. The topological polar surface area (TPSA) is 53.5 Å². The molecule has 0 aliphatic carbocycles. The predicted molar refractivity (Wildman–Crippen MR) is 124 cm³/mol. The van der Waals surface area contributed by atoms with Crippen molar-refractivity contribution in [2.45, 2.75) is 24.5 Å². The molecule has 4 rings (SSSR count). The Bertz CT molecular complexity index is 1150. The third-order valence-corrected chi connectivity index (χ3v) is 8.23. The lowest BCUT2D eigenvalue weighted by Gasteiger charge is -2.35. The molecule has 3 aromatic rings. The van der Waals surface area contributed by atoms with Gasteiger partial charge >= 0.3 is 0 Å². The molecule has 0 N–H and O–H groups in total. The van der Waals surface area contributed by atoms with Crippen LogP contribution in [0.2, 0.25) is 0 Å². The largest absolute Gasteiger partial charge is 0.367 e. The molecule has 1 aromatic heterocycles. The van der Waals surface area contributed by atoms with Crippen LogP contribution in [0.15, 0.2) is 52.7 Å². The lowest BCUT2D eigenvalue weighted by molar-refractivity contribution is 0.270. The quantitative estimate of drug-likeness (QED) is 0.548. The summed E-state index contributed by atoms with van der Waals surface area (Å²) in [5, 5.41) is 2.35. The molecule has 164 valence electrons. The molecule has 5 nitrogen and oxygen atoms in total. The van der Waals surface area contributed by atoms with Crippen LogP contribution >= 0.6 is 11.3 Å². The van der Waals surface area contributed by atoms with Crippen molar-refractivity contribution < 1.29 is 12.8 Å². The van der Waals surface area contributed by atoms with Crippen molar-refractivity contribution in [2.75, 3.05) is 37.6 Å². The second kappa shape index (κ2) is 9.06. The summed E-state index contributed by atoms with van der Waals surface area (Å²) in [5.74, 6) is -0.444. The summed E-state index contributed by atoms with van der Waals surface area (Å²) in [5.41, 5.74) is 2.75. The van der Waals surface area contributed by atoms with E-state index in [4.69, 9.17) is 0 Å². The number of nitrogens with zero attached hydrogens (tertiary/aromatic N) is 3. The fourth-order valence-corrected chi connectivity index (χ4v) is 5.91. The maximum atomic E-state index is 14.9. The molecule has 0 bridgehead atoms. The lowest BCUT2D eigenvalue weighted by Crippen LogP contribution is -2.46. The molecule has 0 atom stereocenters. The van der Waals surface area contributed by atoms with Gasteiger partial charge < -0.3 is 9.80 Å². The van der Waals surface area contributed by atoms with Crippen LogP contribution in [0.4, 0.5) is 10.1 Å². The summed E-state index contributed by atoms with van der Waals surface area (Å²) in [6, 6.07) is 12.0. The highest BCUT2D eigenvalue weighted by molar-refractivity contribution is 7.90. The van der Waals surface area contributed by atoms with Crippen LogP contribution < -0.4 is 4.90 Å². The number of piperazine rings is 1. The van der Waals surface area contributed by atoms with Crippen molar-refractivity contribution in [3.63, 3.8) is 0 Å². The highest BCUT2D eigenvalue weighted by Crippen LogP contribution is 2.30. The van der Waals surface area contributed by atoms with E-state index >= 15 is 0 Å². The van der Waals surface area contributed by atoms with Crippen molar-refractivity contribution in [1.82, 2.24) is 9.88 Å². The van der Waals surface area contributed by atoms with Gasteiger partial charge in [-0.3, -0.25) is 0 Å². The zero-order valence-corrected chi connectivity index (χ0v) is 19.3. The van der Waals surface area contributed by atoms with Crippen molar-refractivity contribution >= 4 is 26.9 Å². The first-order chi connectivity index (χ1) is 14.9. The van der Waals surface area contributed by atoms with Crippen molar-refractivity contribution in [2.24, 2.45) is 0 Å². The van der Waals surface area contributed by atoms with E-state index in [9.17, 15) is 12.8 Å². The molecule has 2 heterocycles. The average Bonchev–Trinajstić information content (AvgIpc) is 3.22. The van der Waals surface area contributed by atoms with Crippen LogP contribution in [0, 0.1) is 12.7 Å². The minimum absolute atomic E-state index is 0.172. The predicted octanol–water partition coefficient (Wildman–Crippen LogP) is 4.37. The highest BCUT2D eigenvalue weighted by Gasteiger charge is 2.20. The van der Waals surface area contributed by atoms with E-state index in [0.29, 0.717) is 22.0 Å². The first kappa shape index (κ1) is 21.9. The minimum atomic E-state index is -3.48. The molecule has 1 aliphatic heterocycles. The van der Waals surface area contributed by atoms with Crippen molar-refractivity contribution in [3.8, 4) is 10.6 Å². The number of aromatic nitrogens is 1. The number of anilines is 1. The standard InChI is InChI=1S/C23H26FN3O2S2/c1-3-26-10-12-27(13-11-26)22-9-6-18(14-21(22)24)23-25-19(15-30-23)16-31(28,29)20-7-4-17(2)5-8-20/h4-9,14-15H,3,10-13,16H2,1-2H3. The van der Waals surface area contributed by atoms with E-state index in [1.807, 2.05) is 13.0 Å². The van der Waals surface area contributed by atoms with E-state index in [2.05, 4.69) is 21.7 Å². The van der Waals surface area contributed by atoms with E-state index in [0.717, 1.165) is 38.3 Å². The molecule has 1 saturated heterocycles. The number of sulfone groups is 1. The number of aryl methyl sites for hydroxylation is 1. The zero-order valence-electron chi connectivity index (χ0n) is 17.7. The summed E-state index contributed by atoms with van der Waals surface area (Å²) >= 11 is 1.33. The van der Waals surface area contributed by atoms with Gasteiger partial charge in [-0.2, -0.15) is 0 Å². The molecule has 0 unspecified atom stereocenters. The maximum Gasteiger partial charge on any atom is 0.184 e. The number of halogens is 1. The average molecular weight is 460 g/mol. The van der Waals surface area contributed by atoms with Crippen LogP contribution in [0.3, 0.4) is 0 Å². The van der Waals surface area contributed by atoms with Crippen LogP contribution in [0.25, 0.3) is 10.6 Å². The van der Waals surface area contributed by atoms with Crippen LogP contribution in [-0.2, 0) is 15.6 Å². The highest BCUT2D eigenvalue weighted by atomic mass is 32.2. The van der Waals surface area contributed by atoms with Crippen LogP contribution in [0.1, 0.15) is 18.2 Å². The molecule has 2 aromatic carbocycles. The van der Waals surface area contributed by atoms with Crippen LogP contribution in [0.5, 0.6) is 0 Å². The number of likely N-dealkylation sites (N-methyl/N-ethyl adjacent to an activating group) is 1. The van der Waals surface area contributed by atoms with Crippen molar-refractivity contribution in [1.29, 1.82) is 0 Å². The van der Waals surface area contributed by atoms with Gasteiger partial charge in [-0.1, -0.05) is 24.6 Å². The number of hydrogen-bond acceptors (Lipinski definition) is 6. The molecular weight excluding hydrogens is 433 g/mol. The van der Waals surface area contributed by atoms with E-state index in [1.54, 1.807) is 35.7 Å². The molecule has 0 radical (unpaired) electrons. The Kier molecular flexibility index (Phi) is 6.41. The Morgan fingerprint density at radius 3 is 2.42 bits per heavy atom. The van der Waals surface area contributed by atoms with Gasteiger partial charge in [-0.25, -0.2) is 17.8 Å². The zero-order chi connectivity index (χ0) is 22.0. The second-order valence-corrected chi connectivity index (χ2v) is 10.7. The number of thiazole rings is 1. The summed E-state index contributed by atoms with van der Waals surface area (Å²) < 4.78 is 40.2. The fourth-order valence-electron chi connectivity index (χ4n) is 3.73. The second-order valence-electron chi connectivity index (χ2n) is 7.80. The van der Waals surface area contributed by atoms with Gasteiger partial charge in [0.15, 0.2) is 9.84 Å². The van der Waals surface area contributed by atoms with Crippen LogP contribution in [-0.4, -0.2) is 51.0 Å². The summed E-state index contributed by atoms with van der Waals surface area (Å²) in [6.45, 7) is 8.55. The van der Waals surface area contributed by atoms with Gasteiger partial charge in [0.2, 0.25) is 0 Å². The SMILES string of the molecule is CCN1CCN(c2ccc(-c3nc(CS(=O)(=O)c4ccc(C)cc4)cs3)cc2F)CC1. The summed E-state index contributed by atoms with van der Waals surface area (Å²) in [4.78, 5) is 9.18. The van der Waals surface area contributed by atoms with E-state index in [1.165, 1.54) is 17.4 Å². The summed E-state index contributed by atoms with van der Waals surface area (Å²) in [7, 11) is -3.48. The van der Waals surface area contributed by atoms with Gasteiger partial charge in [0.1, 0.15) is 10.8 Å². The Labute approximate surface area is 187 Å². The molecule has 1 aliphatic rings. The fraction of sp³-hybridized carbons (Fsp3) is 0.348. The smallest absolute Gasteiger partial charge is 0.184 e. The van der Waals surface area contributed by atoms with E-state index < -0.39 is 9.84 Å². The Balaban J connectivity index is 1.49. The minimum Gasteiger partial charge on any atom is -0.367 e. The Morgan fingerprint density at radius 2 is 1.77 bits per heavy atom. The molecule has 1 fully saturated rings. The monoisotopic (exact) mass is 459 g/mol. The summed E-state index contributed by atoms with van der Waals surface area (Å²) in [6.07, 6.45) is 0. The Hall–Kier alpha value is -2.29. The lowest BCUT2D eigenvalue weighted by atomic mass is 10.1. The molecule has 0 amide bonds. The molecule has 0 saturated carbocycles. The van der Waals surface area contributed by atoms with Gasteiger partial charge in [-0.05, 0) is 43.8 Å².